The number of anilines is 1. The number of benzene rings is 1. The van der Waals surface area contributed by atoms with Crippen LogP contribution in [0.5, 0.6) is 0 Å². The van der Waals surface area contributed by atoms with E-state index >= 15 is 0 Å². The molecule has 0 spiro atoms. The standard InChI is InChI=1S/C11H15FN2S/c1-3-7-13-11(15)14-10-8(2)5-4-6-9(10)12/h4-6H,3,7H2,1-2H3,(H2,13,14,15). The fourth-order valence-corrected chi connectivity index (χ4v) is 1.39. The van der Waals surface area contributed by atoms with Gasteiger partial charge in [-0.05, 0) is 37.2 Å². The molecule has 0 aliphatic rings. The van der Waals surface area contributed by atoms with Crippen LogP contribution < -0.4 is 10.6 Å². The van der Waals surface area contributed by atoms with Crippen molar-refractivity contribution in [2.75, 3.05) is 11.9 Å². The number of para-hydroxylation sites is 1. The maximum absolute atomic E-state index is 13.4. The van der Waals surface area contributed by atoms with E-state index < -0.39 is 0 Å². The minimum absolute atomic E-state index is 0.282. The number of aryl methyl sites for hydroxylation is 1. The average molecular weight is 226 g/mol. The van der Waals surface area contributed by atoms with E-state index in [4.69, 9.17) is 12.2 Å². The monoisotopic (exact) mass is 226 g/mol. The summed E-state index contributed by atoms with van der Waals surface area (Å²) in [7, 11) is 0. The van der Waals surface area contributed by atoms with Gasteiger partial charge in [-0.25, -0.2) is 4.39 Å². The summed E-state index contributed by atoms with van der Waals surface area (Å²) < 4.78 is 13.4. The van der Waals surface area contributed by atoms with Gasteiger partial charge in [0.1, 0.15) is 5.82 Å². The Balaban J connectivity index is 2.68. The minimum atomic E-state index is -0.282. The van der Waals surface area contributed by atoms with Crippen LogP contribution in [-0.2, 0) is 0 Å². The Morgan fingerprint density at radius 3 is 2.80 bits per heavy atom. The summed E-state index contributed by atoms with van der Waals surface area (Å²) in [6.45, 7) is 4.68. The molecule has 1 rings (SSSR count). The third-order valence-electron chi connectivity index (χ3n) is 2.00. The molecule has 2 N–H and O–H groups in total. The molecule has 15 heavy (non-hydrogen) atoms. The smallest absolute Gasteiger partial charge is 0.170 e. The van der Waals surface area contributed by atoms with Gasteiger partial charge in [-0.2, -0.15) is 0 Å². The first-order valence-corrected chi connectivity index (χ1v) is 5.36. The molecule has 0 saturated carbocycles. The second-order valence-corrected chi connectivity index (χ2v) is 3.72. The highest BCUT2D eigenvalue weighted by atomic mass is 32.1. The van der Waals surface area contributed by atoms with Crippen LogP contribution in [0.3, 0.4) is 0 Å². The number of rotatable bonds is 3. The quantitative estimate of drug-likeness (QED) is 0.775. The first-order chi connectivity index (χ1) is 7.15. The van der Waals surface area contributed by atoms with Crippen LogP contribution in [-0.4, -0.2) is 11.7 Å². The van der Waals surface area contributed by atoms with Gasteiger partial charge in [0.25, 0.3) is 0 Å². The second-order valence-electron chi connectivity index (χ2n) is 3.31. The zero-order chi connectivity index (χ0) is 11.3. The minimum Gasteiger partial charge on any atom is -0.362 e. The highest BCUT2D eigenvalue weighted by molar-refractivity contribution is 7.80. The number of nitrogens with one attached hydrogen (secondary N) is 2. The van der Waals surface area contributed by atoms with Crippen LogP contribution in [0.2, 0.25) is 0 Å². The normalized spacial score (nSPS) is 9.80. The van der Waals surface area contributed by atoms with Gasteiger partial charge in [0.05, 0.1) is 5.69 Å². The van der Waals surface area contributed by atoms with Gasteiger partial charge in [0.15, 0.2) is 5.11 Å². The lowest BCUT2D eigenvalue weighted by atomic mass is 10.2. The van der Waals surface area contributed by atoms with Gasteiger partial charge in [-0.3, -0.25) is 0 Å². The lowest BCUT2D eigenvalue weighted by Crippen LogP contribution is -2.29. The van der Waals surface area contributed by atoms with E-state index in [2.05, 4.69) is 10.6 Å². The number of hydrogen-bond donors (Lipinski definition) is 2. The molecule has 82 valence electrons. The third kappa shape index (κ3) is 3.47. The molecule has 0 amide bonds. The Morgan fingerprint density at radius 1 is 1.47 bits per heavy atom. The van der Waals surface area contributed by atoms with Crippen LogP contribution in [0.25, 0.3) is 0 Å². The fraction of sp³-hybridized carbons (Fsp3) is 0.364. The summed E-state index contributed by atoms with van der Waals surface area (Å²) >= 11 is 5.03. The Bertz CT molecular complexity index is 332. The van der Waals surface area contributed by atoms with Gasteiger partial charge in [0, 0.05) is 6.54 Å². The van der Waals surface area contributed by atoms with E-state index in [1.807, 2.05) is 19.9 Å². The molecular formula is C11H15FN2S. The molecular weight excluding hydrogens is 211 g/mol. The molecule has 0 aliphatic carbocycles. The average Bonchev–Trinajstić information content (AvgIpc) is 2.21. The lowest BCUT2D eigenvalue weighted by molar-refractivity contribution is 0.631. The predicted octanol–water partition coefficient (Wildman–Crippen LogP) is 2.83. The van der Waals surface area contributed by atoms with Crippen molar-refractivity contribution in [2.24, 2.45) is 0 Å². The number of thiocarbonyl (C=S) groups is 1. The molecule has 0 bridgehead atoms. The van der Waals surface area contributed by atoms with Crippen LogP contribution in [0.4, 0.5) is 10.1 Å². The highest BCUT2D eigenvalue weighted by Gasteiger charge is 2.05. The highest BCUT2D eigenvalue weighted by Crippen LogP contribution is 2.18. The van der Waals surface area contributed by atoms with Crippen molar-refractivity contribution in [3.8, 4) is 0 Å². The molecule has 4 heteroatoms. The summed E-state index contributed by atoms with van der Waals surface area (Å²) in [5.74, 6) is -0.282. The molecule has 0 heterocycles. The Kier molecular flexibility index (Phi) is 4.49. The SMILES string of the molecule is CCCNC(=S)Nc1c(C)cccc1F. The molecule has 0 unspecified atom stereocenters. The second kappa shape index (κ2) is 5.66. The summed E-state index contributed by atoms with van der Waals surface area (Å²) in [5, 5.41) is 6.31. The lowest BCUT2D eigenvalue weighted by Gasteiger charge is -2.12. The molecule has 0 saturated heterocycles. The molecule has 0 radical (unpaired) electrons. The van der Waals surface area contributed by atoms with Crippen molar-refractivity contribution in [3.63, 3.8) is 0 Å². The van der Waals surface area contributed by atoms with Crippen molar-refractivity contribution in [2.45, 2.75) is 20.3 Å². The summed E-state index contributed by atoms with van der Waals surface area (Å²) in [6.07, 6.45) is 0.984. The fourth-order valence-electron chi connectivity index (χ4n) is 1.19. The molecule has 0 aliphatic heterocycles. The first kappa shape index (κ1) is 11.9. The molecule has 0 atom stereocenters. The molecule has 2 nitrogen and oxygen atoms in total. The maximum atomic E-state index is 13.4. The summed E-state index contributed by atoms with van der Waals surface area (Å²) in [4.78, 5) is 0. The predicted molar refractivity (Wildman–Crippen MR) is 65.7 cm³/mol. The van der Waals surface area contributed by atoms with E-state index in [0.29, 0.717) is 10.8 Å². The first-order valence-electron chi connectivity index (χ1n) is 4.95. The summed E-state index contributed by atoms with van der Waals surface area (Å²) in [6, 6.07) is 4.93. The Hall–Kier alpha value is -1.16. The van der Waals surface area contributed by atoms with Crippen LogP contribution in [0.1, 0.15) is 18.9 Å². The van der Waals surface area contributed by atoms with Gasteiger partial charge in [0.2, 0.25) is 0 Å². The van der Waals surface area contributed by atoms with Crippen LogP contribution in [0.15, 0.2) is 18.2 Å². The third-order valence-corrected chi connectivity index (χ3v) is 2.24. The molecule has 1 aromatic rings. The van der Waals surface area contributed by atoms with E-state index in [0.717, 1.165) is 18.5 Å². The van der Waals surface area contributed by atoms with Crippen molar-refractivity contribution in [1.82, 2.24) is 5.32 Å². The van der Waals surface area contributed by atoms with Gasteiger partial charge >= 0.3 is 0 Å². The van der Waals surface area contributed by atoms with Gasteiger partial charge in [-0.15, -0.1) is 0 Å². The van der Waals surface area contributed by atoms with Crippen LogP contribution in [0, 0.1) is 12.7 Å². The zero-order valence-electron chi connectivity index (χ0n) is 8.93. The van der Waals surface area contributed by atoms with E-state index in [1.54, 1.807) is 6.07 Å². The number of hydrogen-bond acceptors (Lipinski definition) is 1. The van der Waals surface area contributed by atoms with Crippen molar-refractivity contribution in [3.05, 3.63) is 29.6 Å². The topological polar surface area (TPSA) is 24.1 Å². The van der Waals surface area contributed by atoms with Crippen molar-refractivity contribution >= 4 is 23.0 Å². The summed E-state index contributed by atoms with van der Waals surface area (Å²) in [5.41, 5.74) is 1.29. The van der Waals surface area contributed by atoms with E-state index in [1.165, 1.54) is 6.07 Å². The largest absolute Gasteiger partial charge is 0.362 e. The maximum Gasteiger partial charge on any atom is 0.170 e. The van der Waals surface area contributed by atoms with Gasteiger partial charge in [-0.1, -0.05) is 19.1 Å². The Morgan fingerprint density at radius 2 is 2.20 bits per heavy atom. The molecule has 0 fully saturated rings. The number of halogens is 1. The molecule has 1 aromatic carbocycles. The van der Waals surface area contributed by atoms with E-state index in [-0.39, 0.29) is 5.82 Å². The van der Waals surface area contributed by atoms with Crippen molar-refractivity contribution < 1.29 is 4.39 Å². The van der Waals surface area contributed by atoms with E-state index in [9.17, 15) is 4.39 Å². The van der Waals surface area contributed by atoms with Gasteiger partial charge < -0.3 is 10.6 Å². The zero-order valence-corrected chi connectivity index (χ0v) is 9.75. The van der Waals surface area contributed by atoms with Crippen LogP contribution >= 0.6 is 12.2 Å². The Labute approximate surface area is 94.9 Å². The van der Waals surface area contributed by atoms with Crippen molar-refractivity contribution in [1.29, 1.82) is 0 Å². The molecule has 0 aromatic heterocycles.